The van der Waals surface area contributed by atoms with Crippen molar-refractivity contribution in [3.8, 4) is 0 Å². The van der Waals surface area contributed by atoms with Crippen LogP contribution in [0.5, 0.6) is 0 Å². The van der Waals surface area contributed by atoms with Gasteiger partial charge in [-0.15, -0.1) is 0 Å². The van der Waals surface area contributed by atoms with Gasteiger partial charge in [-0.1, -0.05) is 6.92 Å². The Morgan fingerprint density at radius 3 is 2.81 bits per heavy atom. The standard InChI is InChI=1S/C13H21NO2/c1-9(15)12-7-10-6-11(16)4-5-13(10,2)8-14(12)3/h10,12H,4-8H2,1-3H3. The van der Waals surface area contributed by atoms with Gasteiger partial charge in [0, 0.05) is 19.4 Å². The molecule has 3 atom stereocenters. The number of rotatable bonds is 1. The van der Waals surface area contributed by atoms with Crippen molar-refractivity contribution in [1.29, 1.82) is 0 Å². The molecule has 2 fully saturated rings. The zero-order valence-electron chi connectivity index (χ0n) is 10.5. The number of fused-ring (bicyclic) bond motifs is 1. The highest BCUT2D eigenvalue weighted by atomic mass is 16.1. The number of hydrogen-bond acceptors (Lipinski definition) is 3. The van der Waals surface area contributed by atoms with Crippen LogP contribution in [0.3, 0.4) is 0 Å². The smallest absolute Gasteiger partial charge is 0.146 e. The molecule has 0 amide bonds. The lowest BCUT2D eigenvalue weighted by molar-refractivity contribution is -0.134. The van der Waals surface area contributed by atoms with E-state index in [4.69, 9.17) is 0 Å². The van der Waals surface area contributed by atoms with Crippen molar-refractivity contribution >= 4 is 11.6 Å². The normalized spacial score (nSPS) is 40.6. The summed E-state index contributed by atoms with van der Waals surface area (Å²) < 4.78 is 0. The molecule has 3 unspecified atom stereocenters. The van der Waals surface area contributed by atoms with Crippen molar-refractivity contribution in [1.82, 2.24) is 4.90 Å². The SMILES string of the molecule is CC(=O)C1CC2CC(=O)CCC2(C)CN1C. The average molecular weight is 223 g/mol. The molecule has 0 N–H and O–H groups in total. The van der Waals surface area contributed by atoms with Gasteiger partial charge in [-0.25, -0.2) is 0 Å². The number of carbonyl (C=O) groups is 2. The molecule has 0 bridgehead atoms. The number of Topliss-reactive ketones (excluding diaryl/α,β-unsaturated/α-hetero) is 2. The van der Waals surface area contributed by atoms with Crippen molar-refractivity contribution in [2.45, 2.75) is 45.6 Å². The summed E-state index contributed by atoms with van der Waals surface area (Å²) in [5.74, 6) is 1.04. The highest BCUT2D eigenvalue weighted by Crippen LogP contribution is 2.46. The Kier molecular flexibility index (Phi) is 2.91. The van der Waals surface area contributed by atoms with Gasteiger partial charge >= 0.3 is 0 Å². The third kappa shape index (κ3) is 1.93. The third-order valence-corrected chi connectivity index (χ3v) is 4.55. The van der Waals surface area contributed by atoms with E-state index in [1.165, 1.54) is 0 Å². The van der Waals surface area contributed by atoms with Crippen LogP contribution >= 0.6 is 0 Å². The van der Waals surface area contributed by atoms with E-state index >= 15 is 0 Å². The van der Waals surface area contributed by atoms with Gasteiger partial charge in [0.15, 0.2) is 0 Å². The monoisotopic (exact) mass is 223 g/mol. The van der Waals surface area contributed by atoms with Crippen molar-refractivity contribution < 1.29 is 9.59 Å². The van der Waals surface area contributed by atoms with Crippen LogP contribution in [0.15, 0.2) is 0 Å². The summed E-state index contributed by atoms with van der Waals surface area (Å²) >= 11 is 0. The molecule has 3 heteroatoms. The Labute approximate surface area is 97.2 Å². The molecule has 1 saturated heterocycles. The van der Waals surface area contributed by atoms with Crippen LogP contribution < -0.4 is 0 Å². The van der Waals surface area contributed by atoms with Crippen LogP contribution in [0.2, 0.25) is 0 Å². The zero-order valence-corrected chi connectivity index (χ0v) is 10.5. The van der Waals surface area contributed by atoms with Gasteiger partial charge in [0.05, 0.1) is 6.04 Å². The van der Waals surface area contributed by atoms with E-state index in [0.717, 1.165) is 25.8 Å². The van der Waals surface area contributed by atoms with E-state index in [1.807, 2.05) is 7.05 Å². The van der Waals surface area contributed by atoms with Crippen molar-refractivity contribution in [3.05, 3.63) is 0 Å². The number of piperidine rings is 1. The van der Waals surface area contributed by atoms with Crippen LogP contribution in [-0.4, -0.2) is 36.1 Å². The molecular formula is C13H21NO2. The van der Waals surface area contributed by atoms with E-state index in [-0.39, 0.29) is 17.2 Å². The molecule has 90 valence electrons. The topological polar surface area (TPSA) is 37.4 Å². The summed E-state index contributed by atoms with van der Waals surface area (Å²) in [5.41, 5.74) is 0.245. The van der Waals surface area contributed by atoms with Crippen LogP contribution in [0.25, 0.3) is 0 Å². The summed E-state index contributed by atoms with van der Waals surface area (Å²) in [6.07, 6.45) is 3.28. The van der Waals surface area contributed by atoms with Gasteiger partial charge in [-0.2, -0.15) is 0 Å². The number of likely N-dealkylation sites (N-methyl/N-ethyl adjacent to an activating group) is 1. The lowest BCUT2D eigenvalue weighted by Crippen LogP contribution is -2.54. The van der Waals surface area contributed by atoms with Gasteiger partial charge in [0.2, 0.25) is 0 Å². The molecule has 2 aliphatic rings. The first-order chi connectivity index (χ1) is 7.42. The highest BCUT2D eigenvalue weighted by molar-refractivity contribution is 5.82. The predicted molar refractivity (Wildman–Crippen MR) is 62.2 cm³/mol. The zero-order chi connectivity index (χ0) is 11.9. The van der Waals surface area contributed by atoms with Crippen molar-refractivity contribution in [2.24, 2.45) is 11.3 Å². The first-order valence-corrected chi connectivity index (χ1v) is 6.15. The number of hydrogen-bond donors (Lipinski definition) is 0. The van der Waals surface area contributed by atoms with Gasteiger partial charge < -0.3 is 0 Å². The maximum absolute atomic E-state index is 11.5. The van der Waals surface area contributed by atoms with Crippen LogP contribution in [-0.2, 0) is 9.59 Å². The third-order valence-electron chi connectivity index (χ3n) is 4.55. The van der Waals surface area contributed by atoms with E-state index < -0.39 is 0 Å². The van der Waals surface area contributed by atoms with Crippen LogP contribution in [0, 0.1) is 11.3 Å². The minimum atomic E-state index is 0.0315. The summed E-state index contributed by atoms with van der Waals surface area (Å²) in [6.45, 7) is 4.89. The molecule has 1 aliphatic heterocycles. The first kappa shape index (κ1) is 11.8. The Morgan fingerprint density at radius 1 is 1.50 bits per heavy atom. The number of carbonyl (C=O) groups excluding carboxylic acids is 2. The second-order valence-corrected chi connectivity index (χ2v) is 5.87. The summed E-state index contributed by atoms with van der Waals surface area (Å²) in [4.78, 5) is 25.2. The Morgan fingerprint density at radius 2 is 2.19 bits per heavy atom. The molecule has 1 aliphatic carbocycles. The molecule has 3 nitrogen and oxygen atoms in total. The summed E-state index contributed by atoms with van der Waals surface area (Å²) in [7, 11) is 2.03. The molecule has 2 rings (SSSR count). The number of ketones is 2. The highest BCUT2D eigenvalue weighted by Gasteiger charge is 2.46. The molecule has 16 heavy (non-hydrogen) atoms. The second kappa shape index (κ2) is 3.95. The largest absolute Gasteiger partial charge is 0.300 e. The second-order valence-electron chi connectivity index (χ2n) is 5.87. The number of likely N-dealkylation sites (tertiary alicyclic amines) is 1. The molecule has 0 aromatic rings. The Balaban J connectivity index is 2.17. The van der Waals surface area contributed by atoms with Gasteiger partial charge in [0.25, 0.3) is 0 Å². The lowest BCUT2D eigenvalue weighted by Gasteiger charge is -2.50. The van der Waals surface area contributed by atoms with Crippen LogP contribution in [0.1, 0.15) is 39.5 Å². The lowest BCUT2D eigenvalue weighted by atomic mass is 9.62. The molecule has 1 saturated carbocycles. The van der Waals surface area contributed by atoms with Gasteiger partial charge in [-0.3, -0.25) is 14.5 Å². The van der Waals surface area contributed by atoms with Crippen LogP contribution in [0.4, 0.5) is 0 Å². The quantitative estimate of drug-likeness (QED) is 0.678. The first-order valence-electron chi connectivity index (χ1n) is 6.15. The van der Waals surface area contributed by atoms with Gasteiger partial charge in [0.1, 0.15) is 11.6 Å². The molecule has 0 radical (unpaired) electrons. The maximum Gasteiger partial charge on any atom is 0.146 e. The summed E-state index contributed by atoms with van der Waals surface area (Å²) in [5, 5.41) is 0. The molecule has 0 spiro atoms. The minimum Gasteiger partial charge on any atom is -0.300 e. The molecule has 0 aromatic carbocycles. The van der Waals surface area contributed by atoms with Crippen molar-refractivity contribution in [2.75, 3.05) is 13.6 Å². The molecular weight excluding hydrogens is 202 g/mol. The van der Waals surface area contributed by atoms with Gasteiger partial charge in [-0.05, 0) is 38.1 Å². The predicted octanol–water partition coefficient (Wildman–Crippen LogP) is 1.66. The van der Waals surface area contributed by atoms with E-state index in [2.05, 4.69) is 11.8 Å². The minimum absolute atomic E-state index is 0.0315. The Hall–Kier alpha value is -0.700. The maximum atomic E-state index is 11.5. The molecule has 1 heterocycles. The molecule has 0 aromatic heterocycles. The fourth-order valence-corrected chi connectivity index (χ4v) is 3.43. The number of nitrogens with zero attached hydrogens (tertiary/aromatic N) is 1. The van der Waals surface area contributed by atoms with E-state index in [0.29, 0.717) is 18.1 Å². The van der Waals surface area contributed by atoms with E-state index in [9.17, 15) is 9.59 Å². The van der Waals surface area contributed by atoms with E-state index in [1.54, 1.807) is 6.92 Å². The summed E-state index contributed by atoms with van der Waals surface area (Å²) in [6, 6.07) is 0.0315. The Bertz CT molecular complexity index is 326. The fraction of sp³-hybridized carbons (Fsp3) is 0.846. The van der Waals surface area contributed by atoms with Crippen molar-refractivity contribution in [3.63, 3.8) is 0 Å². The average Bonchev–Trinajstić information content (AvgIpc) is 2.18. The fourth-order valence-electron chi connectivity index (χ4n) is 3.43.